The minimum Gasteiger partial charge on any atom is -0.481 e. The third kappa shape index (κ3) is 18.6. The number of epoxide rings is 1. The molecule has 1 fully saturated rings. The van der Waals surface area contributed by atoms with Gasteiger partial charge >= 0.3 is 5.97 Å². The maximum Gasteiger partial charge on any atom is 0.339 e. The molecular weight excluding hydrogens is 288 g/mol. The van der Waals surface area contributed by atoms with Crippen LogP contribution in [-0.4, -0.2) is 33.5 Å². The van der Waals surface area contributed by atoms with Crippen molar-refractivity contribution in [3.63, 3.8) is 0 Å². The Balaban J connectivity index is -0.000000224. The van der Waals surface area contributed by atoms with E-state index in [2.05, 4.69) is 60.3 Å². The first-order valence-corrected chi connectivity index (χ1v) is 6.93. The lowest BCUT2D eigenvalue weighted by atomic mass is 10.0. The maximum atomic E-state index is 9.34. The minimum atomic E-state index is -0.833. The second kappa shape index (κ2) is 11.2. The molecule has 6 heteroatoms. The molecule has 6 nitrogen and oxygen atoms in total. The normalized spacial score (nSPS) is 15.2. The molecule has 0 amide bonds. The van der Waals surface area contributed by atoms with Crippen LogP contribution >= 0.6 is 0 Å². The Morgan fingerprint density at radius 1 is 0.818 bits per heavy atom. The van der Waals surface area contributed by atoms with Gasteiger partial charge in [-0.1, -0.05) is 11.1 Å². The molecule has 0 saturated carbocycles. The van der Waals surface area contributed by atoms with Gasteiger partial charge in [-0.3, -0.25) is 4.79 Å². The zero-order chi connectivity index (χ0) is 18.7. The molecule has 0 aromatic heterocycles. The lowest BCUT2D eigenvalue weighted by molar-refractivity contribution is -0.231. The summed E-state index contributed by atoms with van der Waals surface area (Å²) in [5.74, 6) is -1.52. The van der Waals surface area contributed by atoms with Crippen LogP contribution < -0.4 is 0 Å². The van der Waals surface area contributed by atoms with Gasteiger partial charge in [-0.15, -0.1) is 0 Å². The molecule has 0 atom stereocenters. The average Bonchev–Trinajstić information content (AvgIpc) is 2.74. The summed E-state index contributed by atoms with van der Waals surface area (Å²) in [6.07, 6.45) is 0. The van der Waals surface area contributed by atoms with Crippen molar-refractivity contribution in [1.82, 2.24) is 0 Å². The molecule has 0 unspecified atom stereocenters. The quantitative estimate of drug-likeness (QED) is 0.302. The molecule has 1 aliphatic heterocycles. The SMILES string of the molecule is CC(=O)O.CC(=O)OO.CC(C)=C(C)C.CC1(C)OC1(C)C. The van der Waals surface area contributed by atoms with E-state index in [1.54, 1.807) is 0 Å². The van der Waals surface area contributed by atoms with Gasteiger partial charge in [0.05, 0.1) is 11.2 Å². The van der Waals surface area contributed by atoms with Gasteiger partial charge in [0.15, 0.2) is 0 Å². The van der Waals surface area contributed by atoms with Crippen LogP contribution in [0.15, 0.2) is 11.1 Å². The molecule has 1 rings (SSSR count). The summed E-state index contributed by atoms with van der Waals surface area (Å²) in [5, 5.41) is 14.7. The van der Waals surface area contributed by atoms with Crippen LogP contribution in [0.4, 0.5) is 0 Å². The van der Waals surface area contributed by atoms with E-state index in [4.69, 9.17) is 19.9 Å². The number of aliphatic carboxylic acids is 1. The number of hydrogen-bond donors (Lipinski definition) is 2. The van der Waals surface area contributed by atoms with Gasteiger partial charge in [0.2, 0.25) is 0 Å². The van der Waals surface area contributed by atoms with Gasteiger partial charge in [0.1, 0.15) is 0 Å². The van der Waals surface area contributed by atoms with Crippen molar-refractivity contribution < 1.29 is 29.6 Å². The van der Waals surface area contributed by atoms with Crippen molar-refractivity contribution in [2.75, 3.05) is 0 Å². The highest BCUT2D eigenvalue weighted by Gasteiger charge is 2.55. The Morgan fingerprint density at radius 2 is 0.955 bits per heavy atom. The predicted octanol–water partition coefficient (Wildman–Crippen LogP) is 4.05. The monoisotopic (exact) mass is 320 g/mol. The summed E-state index contributed by atoms with van der Waals surface area (Å²) in [6.45, 7) is 19.1. The highest BCUT2D eigenvalue weighted by atomic mass is 17.1. The zero-order valence-electron chi connectivity index (χ0n) is 15.5. The molecule has 132 valence electrons. The fourth-order valence-electron chi connectivity index (χ4n) is 0.612. The predicted molar refractivity (Wildman–Crippen MR) is 86.7 cm³/mol. The summed E-state index contributed by atoms with van der Waals surface area (Å²) in [7, 11) is 0. The van der Waals surface area contributed by atoms with Gasteiger partial charge in [0, 0.05) is 13.8 Å². The molecule has 0 spiro atoms. The van der Waals surface area contributed by atoms with Crippen molar-refractivity contribution in [3.05, 3.63) is 11.1 Å². The van der Waals surface area contributed by atoms with Crippen LogP contribution in [0.3, 0.4) is 0 Å². The molecule has 1 heterocycles. The number of ether oxygens (including phenoxy) is 1. The molecule has 0 radical (unpaired) electrons. The van der Waals surface area contributed by atoms with Crippen molar-refractivity contribution in [2.45, 2.75) is 80.4 Å². The van der Waals surface area contributed by atoms with E-state index in [1.165, 1.54) is 11.1 Å². The van der Waals surface area contributed by atoms with Crippen LogP contribution in [0.2, 0.25) is 0 Å². The number of carboxylic acids is 1. The lowest BCUT2D eigenvalue weighted by Gasteiger charge is -1.95. The molecule has 0 aliphatic carbocycles. The van der Waals surface area contributed by atoms with E-state index >= 15 is 0 Å². The second-order valence-electron chi connectivity index (χ2n) is 6.22. The maximum absolute atomic E-state index is 9.34. The fourth-order valence-corrected chi connectivity index (χ4v) is 0.612. The third-order valence-corrected chi connectivity index (χ3v) is 3.05. The zero-order valence-corrected chi connectivity index (χ0v) is 15.5. The van der Waals surface area contributed by atoms with E-state index in [9.17, 15) is 4.79 Å². The average molecular weight is 320 g/mol. The number of hydrogen-bond acceptors (Lipinski definition) is 5. The molecule has 2 N–H and O–H groups in total. The fraction of sp³-hybridized carbons (Fsp3) is 0.750. The van der Waals surface area contributed by atoms with Crippen molar-refractivity contribution in [1.29, 1.82) is 0 Å². The topological polar surface area (TPSA) is 96.4 Å². The molecule has 1 aliphatic rings. The van der Waals surface area contributed by atoms with E-state index < -0.39 is 11.9 Å². The van der Waals surface area contributed by atoms with Crippen LogP contribution in [0.25, 0.3) is 0 Å². The highest BCUT2D eigenvalue weighted by molar-refractivity contribution is 5.64. The summed E-state index contributed by atoms with van der Waals surface area (Å²) in [5.41, 5.74) is 3.14. The first kappa shape index (κ1) is 25.5. The molecule has 0 aromatic rings. The smallest absolute Gasteiger partial charge is 0.339 e. The standard InChI is InChI=1S/C6H12O.C6H12.C2H4O3.C2H4O2/c1-5(2)6(3,4)7-5;1-5(2)6(3)4;1-2(3)5-4;1-2(3)4/h1-4H3;1-4H3;4H,1H3;1H3,(H,3,4). The number of rotatable bonds is 0. The Labute approximate surface area is 134 Å². The van der Waals surface area contributed by atoms with Gasteiger partial charge in [-0.2, -0.15) is 5.26 Å². The molecule has 22 heavy (non-hydrogen) atoms. The Kier molecular flexibility index (Phi) is 13.0. The van der Waals surface area contributed by atoms with E-state index in [0.717, 1.165) is 13.8 Å². The van der Waals surface area contributed by atoms with Crippen LogP contribution in [0, 0.1) is 0 Å². The Hall–Kier alpha value is -1.40. The number of allylic oxidation sites excluding steroid dienone is 2. The third-order valence-electron chi connectivity index (χ3n) is 3.05. The molecule has 1 saturated heterocycles. The van der Waals surface area contributed by atoms with Crippen molar-refractivity contribution in [3.8, 4) is 0 Å². The second-order valence-corrected chi connectivity index (χ2v) is 6.22. The molecular formula is C16H32O6. The van der Waals surface area contributed by atoms with Crippen LogP contribution in [0.5, 0.6) is 0 Å². The number of carboxylic acid groups (broad SMARTS) is 1. The minimum absolute atomic E-state index is 0.146. The van der Waals surface area contributed by atoms with Crippen molar-refractivity contribution >= 4 is 11.9 Å². The lowest BCUT2D eigenvalue weighted by Crippen LogP contribution is -2.10. The van der Waals surface area contributed by atoms with Gasteiger partial charge in [-0.05, 0) is 55.4 Å². The van der Waals surface area contributed by atoms with Crippen LogP contribution in [0.1, 0.15) is 69.2 Å². The first-order valence-electron chi connectivity index (χ1n) is 6.93. The largest absolute Gasteiger partial charge is 0.481 e. The van der Waals surface area contributed by atoms with Crippen molar-refractivity contribution in [2.24, 2.45) is 0 Å². The summed E-state index contributed by atoms with van der Waals surface area (Å²) >= 11 is 0. The Bertz CT molecular complexity index is 346. The number of carbonyl (C=O) groups excluding carboxylic acids is 1. The van der Waals surface area contributed by atoms with Gasteiger partial charge < -0.3 is 14.7 Å². The van der Waals surface area contributed by atoms with Gasteiger partial charge in [-0.25, -0.2) is 4.79 Å². The Morgan fingerprint density at radius 3 is 0.955 bits per heavy atom. The summed E-state index contributed by atoms with van der Waals surface area (Å²) < 4.78 is 5.29. The molecule has 0 bridgehead atoms. The van der Waals surface area contributed by atoms with E-state index in [1.807, 2.05) is 0 Å². The van der Waals surface area contributed by atoms with Crippen LogP contribution in [-0.2, 0) is 19.2 Å². The summed E-state index contributed by atoms with van der Waals surface area (Å²) in [4.78, 5) is 21.5. The van der Waals surface area contributed by atoms with Gasteiger partial charge in [0.25, 0.3) is 5.97 Å². The van der Waals surface area contributed by atoms with E-state index in [0.29, 0.717) is 0 Å². The van der Waals surface area contributed by atoms with E-state index in [-0.39, 0.29) is 11.2 Å². The highest BCUT2D eigenvalue weighted by Crippen LogP contribution is 2.46. The number of carbonyl (C=O) groups is 2. The summed E-state index contributed by atoms with van der Waals surface area (Å²) in [6, 6.07) is 0. The first-order chi connectivity index (χ1) is 9.60. The molecule has 0 aromatic carbocycles.